The molecule has 0 unspecified atom stereocenters. The number of carboxylic acids is 1. The lowest BCUT2D eigenvalue weighted by molar-refractivity contribution is -0.230. The first kappa shape index (κ1) is 12.8. The minimum Gasteiger partial charge on any atom is -0.481 e. The molecule has 0 saturated heterocycles. The highest BCUT2D eigenvalue weighted by Gasteiger charge is 2.63. The molecule has 0 radical (unpaired) electrons. The Morgan fingerprint density at radius 3 is 2.31 bits per heavy atom. The molecule has 16 heavy (non-hydrogen) atoms. The third-order valence-corrected chi connectivity index (χ3v) is 2.87. The fourth-order valence-corrected chi connectivity index (χ4v) is 2.03. The predicted molar refractivity (Wildman–Crippen MR) is 47.6 cm³/mol. The minimum absolute atomic E-state index is 0.0331. The summed E-state index contributed by atoms with van der Waals surface area (Å²) in [7, 11) is 0. The monoisotopic (exact) mass is 239 g/mol. The van der Waals surface area contributed by atoms with Gasteiger partial charge in [-0.3, -0.25) is 9.59 Å². The van der Waals surface area contributed by atoms with Crippen molar-refractivity contribution in [1.82, 2.24) is 5.32 Å². The van der Waals surface area contributed by atoms with Crippen LogP contribution in [0.5, 0.6) is 0 Å². The van der Waals surface area contributed by atoms with Gasteiger partial charge in [0, 0.05) is 13.0 Å². The van der Waals surface area contributed by atoms with Gasteiger partial charge in [-0.1, -0.05) is 0 Å². The molecule has 1 rings (SSSR count). The molecular weight excluding hydrogens is 227 g/mol. The lowest BCUT2D eigenvalue weighted by Gasteiger charge is -2.27. The standard InChI is InChI=1S/C9H12F3NO3/c1-5(14)13-6-2-3-8(4-6,7(15)16)9(10,11)12/h6H,2-4H2,1H3,(H,13,14)(H,15,16)/t6-,8+/m1/s1. The molecule has 1 amide bonds. The number of nitrogens with one attached hydrogen (secondary N) is 1. The van der Waals surface area contributed by atoms with Gasteiger partial charge in [-0.05, 0) is 19.3 Å². The Morgan fingerprint density at radius 1 is 1.44 bits per heavy atom. The number of carboxylic acid groups (broad SMARTS) is 1. The molecule has 0 heterocycles. The zero-order chi connectivity index (χ0) is 12.6. The Balaban J connectivity index is 2.86. The van der Waals surface area contributed by atoms with Gasteiger partial charge in [0.05, 0.1) is 0 Å². The van der Waals surface area contributed by atoms with Crippen molar-refractivity contribution in [3.8, 4) is 0 Å². The minimum atomic E-state index is -4.79. The summed E-state index contributed by atoms with van der Waals surface area (Å²) in [5.41, 5.74) is -2.71. The van der Waals surface area contributed by atoms with E-state index in [2.05, 4.69) is 5.32 Å². The summed E-state index contributed by atoms with van der Waals surface area (Å²) in [6.45, 7) is 1.19. The van der Waals surface area contributed by atoms with Gasteiger partial charge in [0.15, 0.2) is 5.41 Å². The van der Waals surface area contributed by atoms with E-state index in [4.69, 9.17) is 5.11 Å². The van der Waals surface area contributed by atoms with Crippen LogP contribution in [0.1, 0.15) is 26.2 Å². The van der Waals surface area contributed by atoms with Crippen LogP contribution in [0.25, 0.3) is 0 Å². The van der Waals surface area contributed by atoms with E-state index in [1.807, 2.05) is 0 Å². The van der Waals surface area contributed by atoms with Crippen LogP contribution >= 0.6 is 0 Å². The van der Waals surface area contributed by atoms with E-state index < -0.39 is 42.4 Å². The lowest BCUT2D eigenvalue weighted by Crippen LogP contribution is -2.44. The van der Waals surface area contributed by atoms with Crippen molar-refractivity contribution in [2.24, 2.45) is 5.41 Å². The highest BCUT2D eigenvalue weighted by atomic mass is 19.4. The van der Waals surface area contributed by atoms with E-state index in [-0.39, 0.29) is 6.42 Å². The van der Waals surface area contributed by atoms with Gasteiger partial charge in [0.2, 0.25) is 5.91 Å². The first-order valence-corrected chi connectivity index (χ1v) is 4.76. The quantitative estimate of drug-likeness (QED) is 0.763. The fourth-order valence-electron chi connectivity index (χ4n) is 2.03. The van der Waals surface area contributed by atoms with Crippen LogP contribution in [0.3, 0.4) is 0 Å². The van der Waals surface area contributed by atoms with Gasteiger partial charge in [-0.2, -0.15) is 13.2 Å². The van der Waals surface area contributed by atoms with Crippen LogP contribution in [-0.2, 0) is 9.59 Å². The maximum Gasteiger partial charge on any atom is 0.404 e. The molecule has 0 bridgehead atoms. The van der Waals surface area contributed by atoms with Gasteiger partial charge in [-0.15, -0.1) is 0 Å². The van der Waals surface area contributed by atoms with Crippen molar-refractivity contribution in [3.63, 3.8) is 0 Å². The van der Waals surface area contributed by atoms with Crippen LogP contribution in [0.15, 0.2) is 0 Å². The number of hydrogen-bond donors (Lipinski definition) is 2. The Morgan fingerprint density at radius 2 is 2.00 bits per heavy atom. The third kappa shape index (κ3) is 2.12. The number of alkyl halides is 3. The third-order valence-electron chi connectivity index (χ3n) is 2.87. The molecule has 1 fully saturated rings. The van der Waals surface area contributed by atoms with Crippen molar-refractivity contribution in [1.29, 1.82) is 0 Å². The van der Waals surface area contributed by atoms with Crippen LogP contribution in [0, 0.1) is 5.41 Å². The second kappa shape index (κ2) is 3.95. The van der Waals surface area contributed by atoms with Crippen LogP contribution in [0.2, 0.25) is 0 Å². The number of halogens is 3. The molecule has 1 aliphatic rings. The molecule has 0 aliphatic heterocycles. The molecule has 4 nitrogen and oxygen atoms in total. The Bertz CT molecular complexity index is 316. The summed E-state index contributed by atoms with van der Waals surface area (Å²) in [6, 6.07) is -0.713. The van der Waals surface area contributed by atoms with Crippen molar-refractivity contribution in [2.45, 2.75) is 38.4 Å². The van der Waals surface area contributed by atoms with Crippen molar-refractivity contribution in [2.75, 3.05) is 0 Å². The molecule has 92 valence electrons. The number of carbonyl (C=O) groups excluding carboxylic acids is 1. The predicted octanol–water partition coefficient (Wildman–Crippen LogP) is 1.31. The average Bonchev–Trinajstić information content (AvgIpc) is 2.46. The Kier molecular flexibility index (Phi) is 3.16. The maximum absolute atomic E-state index is 12.7. The van der Waals surface area contributed by atoms with Gasteiger partial charge < -0.3 is 10.4 Å². The van der Waals surface area contributed by atoms with E-state index in [0.717, 1.165) is 0 Å². The normalized spacial score (nSPS) is 30.1. The summed E-state index contributed by atoms with van der Waals surface area (Å²) in [6.07, 6.45) is -5.83. The van der Waals surface area contributed by atoms with E-state index in [1.165, 1.54) is 6.92 Å². The van der Waals surface area contributed by atoms with Crippen molar-refractivity contribution >= 4 is 11.9 Å². The fraction of sp³-hybridized carbons (Fsp3) is 0.778. The van der Waals surface area contributed by atoms with E-state index >= 15 is 0 Å². The molecule has 1 saturated carbocycles. The van der Waals surface area contributed by atoms with Crippen LogP contribution < -0.4 is 5.32 Å². The lowest BCUT2D eigenvalue weighted by atomic mass is 9.85. The summed E-state index contributed by atoms with van der Waals surface area (Å²) in [5.74, 6) is -2.32. The van der Waals surface area contributed by atoms with Gasteiger partial charge >= 0.3 is 12.1 Å². The summed E-state index contributed by atoms with van der Waals surface area (Å²) < 4.78 is 38.1. The molecule has 1 aliphatic carbocycles. The summed E-state index contributed by atoms with van der Waals surface area (Å²) >= 11 is 0. The summed E-state index contributed by atoms with van der Waals surface area (Å²) in [5, 5.41) is 11.0. The molecule has 0 aromatic carbocycles. The maximum atomic E-state index is 12.7. The smallest absolute Gasteiger partial charge is 0.404 e. The largest absolute Gasteiger partial charge is 0.481 e. The highest BCUT2D eigenvalue weighted by molar-refractivity contribution is 5.77. The Hall–Kier alpha value is -1.27. The highest BCUT2D eigenvalue weighted by Crippen LogP contribution is 2.50. The number of amides is 1. The van der Waals surface area contributed by atoms with Gasteiger partial charge in [-0.25, -0.2) is 0 Å². The number of hydrogen-bond acceptors (Lipinski definition) is 2. The van der Waals surface area contributed by atoms with E-state index in [0.29, 0.717) is 0 Å². The zero-order valence-corrected chi connectivity index (χ0v) is 8.60. The molecule has 7 heteroatoms. The van der Waals surface area contributed by atoms with Gasteiger partial charge in [0.1, 0.15) is 0 Å². The average molecular weight is 239 g/mol. The SMILES string of the molecule is CC(=O)N[C@@H]1CC[C@](C(=O)O)(C(F)(F)F)C1. The van der Waals surface area contributed by atoms with Crippen LogP contribution in [0.4, 0.5) is 13.2 Å². The number of carbonyl (C=O) groups is 2. The second-order valence-electron chi connectivity index (χ2n) is 4.03. The van der Waals surface area contributed by atoms with Crippen molar-refractivity contribution in [3.05, 3.63) is 0 Å². The van der Waals surface area contributed by atoms with Crippen molar-refractivity contribution < 1.29 is 27.9 Å². The van der Waals surface area contributed by atoms with E-state index in [1.54, 1.807) is 0 Å². The van der Waals surface area contributed by atoms with Crippen LogP contribution in [-0.4, -0.2) is 29.2 Å². The first-order chi connectivity index (χ1) is 7.19. The summed E-state index contributed by atoms with van der Waals surface area (Å²) in [4.78, 5) is 21.5. The molecule has 0 aromatic heterocycles. The number of aliphatic carboxylic acids is 1. The molecule has 0 spiro atoms. The topological polar surface area (TPSA) is 66.4 Å². The number of rotatable bonds is 2. The Labute approximate surface area is 89.8 Å². The van der Waals surface area contributed by atoms with E-state index in [9.17, 15) is 22.8 Å². The molecular formula is C9H12F3NO3. The van der Waals surface area contributed by atoms with Gasteiger partial charge in [0.25, 0.3) is 0 Å². The molecule has 0 aromatic rings. The zero-order valence-electron chi connectivity index (χ0n) is 8.60. The molecule has 2 N–H and O–H groups in total. The first-order valence-electron chi connectivity index (χ1n) is 4.76. The molecule has 2 atom stereocenters. The second-order valence-corrected chi connectivity index (χ2v) is 4.03.